The highest BCUT2D eigenvalue weighted by Gasteiger charge is 2.28. The van der Waals surface area contributed by atoms with Crippen molar-refractivity contribution in [3.63, 3.8) is 0 Å². The first-order valence-electron chi connectivity index (χ1n) is 33.8. The highest BCUT2D eigenvalue weighted by molar-refractivity contribution is 5.93. The second-order valence-electron chi connectivity index (χ2n) is 31.1. The smallest absolute Gasteiger partial charge is 0.0505 e. The molecule has 0 unspecified atom stereocenters. The van der Waals surface area contributed by atoms with Gasteiger partial charge in [-0.15, -0.1) is 0 Å². The summed E-state index contributed by atoms with van der Waals surface area (Å²) in [5.74, 6) is 0. The van der Waals surface area contributed by atoms with Crippen molar-refractivity contribution in [1.29, 1.82) is 0 Å². The summed E-state index contributed by atoms with van der Waals surface area (Å²) in [5, 5.41) is 0. The van der Waals surface area contributed by atoms with Gasteiger partial charge in [0.25, 0.3) is 0 Å². The molecule has 0 aromatic heterocycles. The summed E-state index contributed by atoms with van der Waals surface area (Å²) >= 11 is 0. The lowest BCUT2D eigenvalue weighted by Crippen LogP contribution is -2.19. The van der Waals surface area contributed by atoms with Gasteiger partial charge < -0.3 is 15.5 Å². The standard InChI is InChI=1S/C92H93N3/c1-88(2,3)74-40-20-63(21-41-74)68-30-50-79(51-31-68)94(80-52-32-69(33-53-80)64-22-42-75(43-23-64)89(4,5)6)81-58-38-73(39-59-81)85-61-87(86(92(13,14)15)60-84(85)72-18-16-62(17-19-72)67-28-48-78(93)49-29-67)95(82-54-34-70(35-55-82)65-24-44-76(45-25-65)90(7,8)9)83-56-36-71(37-57-83)66-26-46-77(47-27-66)91(10,11)12/h16-61H,93H2,1-15H3. The molecule has 12 aromatic rings. The van der Waals surface area contributed by atoms with Gasteiger partial charge in [-0.2, -0.15) is 0 Å². The third-order valence-electron chi connectivity index (χ3n) is 18.9. The first-order valence-corrected chi connectivity index (χ1v) is 33.8. The molecule has 0 amide bonds. The van der Waals surface area contributed by atoms with Gasteiger partial charge in [0, 0.05) is 34.1 Å². The number of anilines is 7. The lowest BCUT2D eigenvalue weighted by Gasteiger charge is -2.34. The van der Waals surface area contributed by atoms with E-state index < -0.39 is 0 Å². The van der Waals surface area contributed by atoms with Crippen molar-refractivity contribution in [1.82, 2.24) is 0 Å². The minimum atomic E-state index is -0.282. The Morgan fingerprint density at radius 2 is 0.389 bits per heavy atom. The fraction of sp³-hybridized carbons (Fsp3) is 0.217. The van der Waals surface area contributed by atoms with Crippen LogP contribution in [0.5, 0.6) is 0 Å². The van der Waals surface area contributed by atoms with Gasteiger partial charge in [-0.25, -0.2) is 0 Å². The van der Waals surface area contributed by atoms with Gasteiger partial charge >= 0.3 is 0 Å². The second kappa shape index (κ2) is 25.7. The Kier molecular flexibility index (Phi) is 17.6. The third-order valence-corrected chi connectivity index (χ3v) is 18.9. The van der Waals surface area contributed by atoms with Crippen LogP contribution in [-0.4, -0.2) is 0 Å². The van der Waals surface area contributed by atoms with Crippen LogP contribution in [0.15, 0.2) is 279 Å². The molecule has 12 aromatic carbocycles. The summed E-state index contributed by atoms with van der Waals surface area (Å²) in [7, 11) is 0. The highest BCUT2D eigenvalue weighted by atomic mass is 15.1. The monoisotopic (exact) mass is 1240 g/mol. The molecule has 0 atom stereocenters. The van der Waals surface area contributed by atoms with Crippen LogP contribution in [0.3, 0.4) is 0 Å². The van der Waals surface area contributed by atoms with Gasteiger partial charge in [0.05, 0.1) is 5.69 Å². The van der Waals surface area contributed by atoms with E-state index in [9.17, 15) is 0 Å². The molecule has 0 heterocycles. The van der Waals surface area contributed by atoms with Crippen LogP contribution in [0.2, 0.25) is 0 Å². The molecule has 2 N–H and O–H groups in total. The lowest BCUT2D eigenvalue weighted by atomic mass is 9.81. The summed E-state index contributed by atoms with van der Waals surface area (Å²) in [6, 6.07) is 104. The van der Waals surface area contributed by atoms with Crippen molar-refractivity contribution in [2.75, 3.05) is 15.5 Å². The van der Waals surface area contributed by atoms with Gasteiger partial charge in [-0.05, 0) is 218 Å². The zero-order valence-electron chi connectivity index (χ0n) is 58.5. The van der Waals surface area contributed by atoms with Crippen molar-refractivity contribution in [2.24, 2.45) is 0 Å². The summed E-state index contributed by atoms with van der Waals surface area (Å²) in [5.41, 5.74) is 36.3. The summed E-state index contributed by atoms with van der Waals surface area (Å²) in [6.45, 7) is 34.3. The molecule has 0 radical (unpaired) electrons. The first-order chi connectivity index (χ1) is 45.1. The van der Waals surface area contributed by atoms with Gasteiger partial charge in [0.2, 0.25) is 0 Å². The fourth-order valence-electron chi connectivity index (χ4n) is 12.9. The van der Waals surface area contributed by atoms with Crippen molar-refractivity contribution < 1.29 is 0 Å². The molecular weight excluding hydrogens is 1150 g/mol. The topological polar surface area (TPSA) is 32.5 Å². The zero-order chi connectivity index (χ0) is 67.2. The average Bonchev–Trinajstić information content (AvgIpc) is 0.757. The van der Waals surface area contributed by atoms with Crippen LogP contribution in [-0.2, 0) is 27.1 Å². The number of rotatable bonds is 13. The summed E-state index contributed by atoms with van der Waals surface area (Å²) in [6.07, 6.45) is 0. The molecule has 0 fully saturated rings. The van der Waals surface area contributed by atoms with E-state index in [0.717, 1.165) is 73.2 Å². The molecule has 0 saturated heterocycles. The highest BCUT2D eigenvalue weighted by Crippen LogP contribution is 2.49. The summed E-state index contributed by atoms with van der Waals surface area (Å²) in [4.78, 5) is 4.87. The molecular formula is C92H93N3. The van der Waals surface area contributed by atoms with Crippen molar-refractivity contribution in [3.05, 3.63) is 307 Å². The maximum atomic E-state index is 6.19. The van der Waals surface area contributed by atoms with Crippen LogP contribution >= 0.6 is 0 Å². The van der Waals surface area contributed by atoms with E-state index in [1.54, 1.807) is 0 Å². The molecule has 3 nitrogen and oxygen atoms in total. The third kappa shape index (κ3) is 14.4. The maximum absolute atomic E-state index is 6.19. The van der Waals surface area contributed by atoms with E-state index in [0.29, 0.717) is 0 Å². The quantitative estimate of drug-likeness (QED) is 0.117. The van der Waals surface area contributed by atoms with Gasteiger partial charge in [-0.3, -0.25) is 0 Å². The van der Waals surface area contributed by atoms with Gasteiger partial charge in [0.15, 0.2) is 0 Å². The minimum Gasteiger partial charge on any atom is -0.399 e. The number of nitrogens with zero attached hydrogens (tertiary/aromatic N) is 2. The Labute approximate surface area is 567 Å². The molecule has 0 aliphatic carbocycles. The van der Waals surface area contributed by atoms with E-state index in [-0.39, 0.29) is 27.1 Å². The van der Waals surface area contributed by atoms with Crippen LogP contribution in [0.1, 0.15) is 132 Å². The van der Waals surface area contributed by atoms with Gasteiger partial charge in [-0.1, -0.05) is 298 Å². The molecule has 0 bridgehead atoms. The van der Waals surface area contributed by atoms with E-state index >= 15 is 0 Å². The molecule has 476 valence electrons. The Bertz CT molecular complexity index is 4380. The number of benzene rings is 12. The molecule has 3 heteroatoms. The van der Waals surface area contributed by atoms with E-state index in [1.807, 2.05) is 12.1 Å². The van der Waals surface area contributed by atoms with Crippen LogP contribution in [0.25, 0.3) is 77.9 Å². The van der Waals surface area contributed by atoms with Gasteiger partial charge in [0.1, 0.15) is 0 Å². The molecule has 95 heavy (non-hydrogen) atoms. The van der Waals surface area contributed by atoms with E-state index in [4.69, 9.17) is 5.73 Å². The second-order valence-corrected chi connectivity index (χ2v) is 31.1. The number of hydrogen-bond donors (Lipinski definition) is 1. The number of nitrogen functional groups attached to an aromatic ring is 1. The predicted molar refractivity (Wildman–Crippen MR) is 412 cm³/mol. The molecule has 12 rings (SSSR count). The number of hydrogen-bond acceptors (Lipinski definition) is 3. The lowest BCUT2D eigenvalue weighted by molar-refractivity contribution is 0.590. The minimum absolute atomic E-state index is 0.0674. The van der Waals surface area contributed by atoms with Crippen LogP contribution in [0.4, 0.5) is 39.8 Å². The Morgan fingerprint density at radius 1 is 0.200 bits per heavy atom. The number of nitrogens with two attached hydrogens (primary N) is 1. The van der Waals surface area contributed by atoms with E-state index in [1.165, 1.54) is 72.3 Å². The fourth-order valence-corrected chi connectivity index (χ4v) is 12.9. The molecule has 0 saturated carbocycles. The maximum Gasteiger partial charge on any atom is 0.0505 e. The Balaban J connectivity index is 1.01. The molecule has 0 aliphatic heterocycles. The first kappa shape index (κ1) is 65.1. The normalized spacial score (nSPS) is 12.2. The van der Waals surface area contributed by atoms with E-state index in [2.05, 4.69) is 381 Å². The largest absolute Gasteiger partial charge is 0.399 e. The van der Waals surface area contributed by atoms with Crippen LogP contribution < -0.4 is 15.5 Å². The average molecular weight is 1240 g/mol. The SMILES string of the molecule is CC(C)(C)c1ccc(-c2ccc(N(c3ccc(-c4ccc(C(C)(C)C)cc4)cc3)c3ccc(-c4cc(N(c5ccc(-c6ccc(C(C)(C)C)cc6)cc5)c5ccc(-c6ccc(C(C)(C)C)cc6)cc5)c(C(C)(C)C)cc4-c4ccc(-c5ccc(N)cc5)cc4)cc3)cc2)cc1. The molecule has 0 spiro atoms. The van der Waals surface area contributed by atoms with Crippen LogP contribution in [0, 0.1) is 0 Å². The Hall–Kier alpha value is -9.96. The Morgan fingerprint density at radius 3 is 0.632 bits per heavy atom. The predicted octanol–water partition coefficient (Wildman–Crippen LogP) is 26.4. The van der Waals surface area contributed by atoms with Crippen molar-refractivity contribution in [3.8, 4) is 77.9 Å². The molecule has 0 aliphatic rings. The van der Waals surface area contributed by atoms with Crippen molar-refractivity contribution in [2.45, 2.75) is 131 Å². The zero-order valence-corrected chi connectivity index (χ0v) is 58.5. The summed E-state index contributed by atoms with van der Waals surface area (Å²) < 4.78 is 0. The van der Waals surface area contributed by atoms with Crippen molar-refractivity contribution >= 4 is 39.8 Å².